The quantitative estimate of drug-likeness (QED) is 0.520. The van der Waals surface area contributed by atoms with Gasteiger partial charge in [-0.15, -0.1) is 0 Å². The number of benzene rings is 1. The predicted octanol–water partition coefficient (Wildman–Crippen LogP) is 1.97. The van der Waals surface area contributed by atoms with Gasteiger partial charge in [0.05, 0.1) is 6.61 Å². The van der Waals surface area contributed by atoms with Crippen molar-refractivity contribution < 1.29 is 28.3 Å². The summed E-state index contributed by atoms with van der Waals surface area (Å²) in [5, 5.41) is 8.64. The van der Waals surface area contributed by atoms with E-state index in [1.165, 1.54) is 24.3 Å². The van der Waals surface area contributed by atoms with Crippen molar-refractivity contribution in [3.8, 4) is 0 Å². The monoisotopic (exact) mass is 476 g/mol. The Hall–Kier alpha value is -3.17. The largest absolute Gasteiger partial charge is 0.465 e. The maximum absolute atomic E-state index is 13.1. The molecule has 10 heteroatoms. The maximum atomic E-state index is 13.1. The average Bonchev–Trinajstić information content (AvgIpc) is 2.84. The highest BCUT2D eigenvalue weighted by atomic mass is 19.1. The molecule has 3 N–H and O–H groups in total. The summed E-state index contributed by atoms with van der Waals surface area (Å²) in [5.74, 6) is -1.46. The maximum Gasteiger partial charge on any atom is 0.325 e. The van der Waals surface area contributed by atoms with Crippen LogP contribution in [0.2, 0.25) is 0 Å². The summed E-state index contributed by atoms with van der Waals surface area (Å²) in [5.41, 5.74) is 0.380. The van der Waals surface area contributed by atoms with Crippen LogP contribution in [0.5, 0.6) is 0 Å². The summed E-state index contributed by atoms with van der Waals surface area (Å²) in [6, 6.07) is 4.68. The molecule has 0 bridgehead atoms. The number of piperidine rings is 1. The molecular weight excluding hydrogens is 443 g/mol. The Morgan fingerprint density at radius 2 is 1.59 bits per heavy atom. The molecule has 3 rings (SSSR count). The second kappa shape index (κ2) is 12.3. The van der Waals surface area contributed by atoms with Crippen molar-refractivity contribution in [2.45, 2.75) is 57.5 Å². The van der Waals surface area contributed by atoms with Crippen molar-refractivity contribution >= 4 is 23.8 Å². The molecule has 2 aliphatic rings. The Kier molecular flexibility index (Phi) is 9.24. The number of carbonyl (C=O) groups is 4. The van der Waals surface area contributed by atoms with Gasteiger partial charge in [-0.05, 0) is 56.9 Å². The van der Waals surface area contributed by atoms with Gasteiger partial charge in [0.1, 0.15) is 12.4 Å². The number of hydrogen-bond acceptors (Lipinski definition) is 5. The fraction of sp³-hybridized carbons (Fsp3) is 0.583. The summed E-state index contributed by atoms with van der Waals surface area (Å²) < 4.78 is 17.9. The highest BCUT2D eigenvalue weighted by Gasteiger charge is 2.32. The lowest BCUT2D eigenvalue weighted by Crippen LogP contribution is -2.55. The van der Waals surface area contributed by atoms with Gasteiger partial charge < -0.3 is 25.6 Å². The number of likely N-dealkylation sites (tertiary alicyclic amines) is 1. The molecule has 1 aromatic rings. The number of esters is 1. The number of urea groups is 1. The van der Waals surface area contributed by atoms with Crippen LogP contribution in [-0.2, 0) is 14.3 Å². The third kappa shape index (κ3) is 7.16. The van der Waals surface area contributed by atoms with Gasteiger partial charge in [0.2, 0.25) is 5.91 Å². The van der Waals surface area contributed by atoms with Crippen molar-refractivity contribution in [2.24, 2.45) is 5.92 Å². The number of rotatable bonds is 7. The molecule has 1 saturated heterocycles. The minimum Gasteiger partial charge on any atom is -0.465 e. The Labute approximate surface area is 198 Å². The van der Waals surface area contributed by atoms with E-state index in [1.807, 2.05) is 0 Å². The summed E-state index contributed by atoms with van der Waals surface area (Å²) >= 11 is 0. The molecule has 1 saturated carbocycles. The van der Waals surface area contributed by atoms with Crippen molar-refractivity contribution in [1.29, 1.82) is 0 Å². The van der Waals surface area contributed by atoms with Crippen LogP contribution in [0.15, 0.2) is 24.3 Å². The first-order valence-electron chi connectivity index (χ1n) is 11.9. The zero-order valence-electron chi connectivity index (χ0n) is 19.5. The normalized spacial score (nSPS) is 20.8. The Morgan fingerprint density at radius 3 is 2.21 bits per heavy atom. The fourth-order valence-corrected chi connectivity index (χ4v) is 4.45. The van der Waals surface area contributed by atoms with Gasteiger partial charge in [0.25, 0.3) is 5.91 Å². The Bertz CT molecular complexity index is 871. The minimum atomic E-state index is -0.487. The third-order valence-corrected chi connectivity index (χ3v) is 6.36. The van der Waals surface area contributed by atoms with Crippen molar-refractivity contribution in [1.82, 2.24) is 20.9 Å². The molecule has 0 aromatic heterocycles. The van der Waals surface area contributed by atoms with E-state index < -0.39 is 11.8 Å². The number of hydrogen-bond donors (Lipinski definition) is 3. The molecule has 1 unspecified atom stereocenters. The summed E-state index contributed by atoms with van der Waals surface area (Å²) in [6.07, 6.45) is 4.51. The molecular formula is C24H33FN4O5. The van der Waals surface area contributed by atoms with Crippen molar-refractivity contribution in [3.05, 3.63) is 35.6 Å². The SMILES string of the molecule is CCOC(=O)CNC(=O)N1CCC(C(=O)NC2CCCC[C@H]2NC(=O)c2ccc(F)cc2)CC1. The van der Waals surface area contributed by atoms with Crippen LogP contribution in [0.4, 0.5) is 9.18 Å². The smallest absolute Gasteiger partial charge is 0.325 e. The van der Waals surface area contributed by atoms with Crippen LogP contribution >= 0.6 is 0 Å². The van der Waals surface area contributed by atoms with Crippen molar-refractivity contribution in [2.75, 3.05) is 26.2 Å². The first-order chi connectivity index (χ1) is 16.4. The van der Waals surface area contributed by atoms with E-state index in [2.05, 4.69) is 16.0 Å². The van der Waals surface area contributed by atoms with Gasteiger partial charge in [-0.1, -0.05) is 12.8 Å². The molecule has 9 nitrogen and oxygen atoms in total. The number of halogens is 1. The number of carbonyl (C=O) groups excluding carboxylic acids is 4. The third-order valence-electron chi connectivity index (χ3n) is 6.36. The number of nitrogens with zero attached hydrogens (tertiary/aromatic N) is 1. The van der Waals surface area contributed by atoms with E-state index in [0.29, 0.717) is 31.5 Å². The molecule has 1 aliphatic heterocycles. The van der Waals surface area contributed by atoms with E-state index >= 15 is 0 Å². The highest BCUT2D eigenvalue weighted by molar-refractivity contribution is 5.94. The molecule has 1 aliphatic carbocycles. The van der Waals surface area contributed by atoms with Gasteiger partial charge >= 0.3 is 12.0 Å². The standard InChI is InChI=1S/C24H33FN4O5/c1-2-34-21(30)15-26-24(33)29-13-11-17(12-14-29)23(32)28-20-6-4-3-5-19(20)27-22(31)16-7-9-18(25)10-8-16/h7-10,17,19-20H,2-6,11-15H2,1H3,(H,26,33)(H,27,31)(H,28,32)/t19-,20?/m1/s1. The van der Waals surface area contributed by atoms with Crippen LogP contribution in [0, 0.1) is 11.7 Å². The summed E-state index contributed by atoms with van der Waals surface area (Å²) in [7, 11) is 0. The van der Waals surface area contributed by atoms with E-state index in [-0.39, 0.29) is 49.0 Å². The topological polar surface area (TPSA) is 117 Å². The molecule has 186 valence electrons. The number of amides is 4. The second-order valence-corrected chi connectivity index (χ2v) is 8.71. The highest BCUT2D eigenvalue weighted by Crippen LogP contribution is 2.22. The average molecular weight is 477 g/mol. The lowest BCUT2D eigenvalue weighted by atomic mass is 9.88. The van der Waals surface area contributed by atoms with Crippen molar-refractivity contribution in [3.63, 3.8) is 0 Å². The zero-order chi connectivity index (χ0) is 24.5. The van der Waals surface area contributed by atoms with Crippen LogP contribution < -0.4 is 16.0 Å². The Morgan fingerprint density at radius 1 is 0.971 bits per heavy atom. The molecule has 2 atom stereocenters. The van der Waals surface area contributed by atoms with Gasteiger partial charge in [-0.3, -0.25) is 14.4 Å². The van der Waals surface area contributed by atoms with Crippen LogP contribution in [-0.4, -0.2) is 67.0 Å². The summed E-state index contributed by atoms with van der Waals surface area (Å²) in [4.78, 5) is 50.7. The minimum absolute atomic E-state index is 0.0699. The second-order valence-electron chi connectivity index (χ2n) is 8.71. The summed E-state index contributed by atoms with van der Waals surface area (Å²) in [6.45, 7) is 2.61. The molecule has 2 fully saturated rings. The van der Waals surface area contributed by atoms with Gasteiger partial charge in [-0.2, -0.15) is 0 Å². The van der Waals surface area contributed by atoms with Gasteiger partial charge in [0.15, 0.2) is 0 Å². The lowest BCUT2D eigenvalue weighted by molar-refractivity contribution is -0.141. The van der Waals surface area contributed by atoms with Crippen LogP contribution in [0.1, 0.15) is 55.8 Å². The van der Waals surface area contributed by atoms with Gasteiger partial charge in [0, 0.05) is 36.7 Å². The molecule has 0 spiro atoms. The predicted molar refractivity (Wildman–Crippen MR) is 122 cm³/mol. The molecule has 34 heavy (non-hydrogen) atoms. The van der Waals surface area contributed by atoms with E-state index in [1.54, 1.807) is 11.8 Å². The Balaban J connectivity index is 1.46. The first kappa shape index (κ1) is 25.5. The number of ether oxygens (including phenoxy) is 1. The first-order valence-corrected chi connectivity index (χ1v) is 11.9. The van der Waals surface area contributed by atoms with E-state index in [4.69, 9.17) is 4.74 Å². The fourth-order valence-electron chi connectivity index (χ4n) is 4.45. The van der Waals surface area contributed by atoms with Crippen LogP contribution in [0.25, 0.3) is 0 Å². The van der Waals surface area contributed by atoms with Crippen LogP contribution in [0.3, 0.4) is 0 Å². The molecule has 1 heterocycles. The lowest BCUT2D eigenvalue weighted by Gasteiger charge is -2.35. The number of nitrogens with one attached hydrogen (secondary N) is 3. The zero-order valence-corrected chi connectivity index (χ0v) is 19.5. The molecule has 1 aromatic carbocycles. The van der Waals surface area contributed by atoms with E-state index in [0.717, 1.165) is 25.7 Å². The van der Waals surface area contributed by atoms with Gasteiger partial charge in [-0.25, -0.2) is 9.18 Å². The molecule has 4 amide bonds. The van der Waals surface area contributed by atoms with E-state index in [9.17, 15) is 23.6 Å². The molecule has 0 radical (unpaired) electrons.